The molecule has 0 spiro atoms. The summed E-state index contributed by atoms with van der Waals surface area (Å²) in [6.07, 6.45) is -0.519. The zero-order chi connectivity index (χ0) is 9.80. The zero-order valence-corrected chi connectivity index (χ0v) is 7.55. The maximum atomic E-state index is 10.2. The largest absolute Gasteiger partial charge is 0.436 e. The average Bonchev–Trinajstić information content (AvgIpc) is 2.68. The van der Waals surface area contributed by atoms with Crippen LogP contribution >= 0.6 is 0 Å². The Balaban J connectivity index is 2.13. The van der Waals surface area contributed by atoms with Crippen molar-refractivity contribution < 1.29 is 14.3 Å². The number of carbonyl (C=O) groups excluding carboxylic acids is 1. The third-order valence-electron chi connectivity index (χ3n) is 2.17. The molecule has 0 bridgehead atoms. The fraction of sp³-hybridized carbons (Fsp3) is 0.300. The van der Waals surface area contributed by atoms with Crippen molar-refractivity contribution in [2.24, 2.45) is 0 Å². The summed E-state index contributed by atoms with van der Waals surface area (Å²) in [5.74, 6) is 0. The highest BCUT2D eigenvalue weighted by molar-refractivity contribution is 5.37. The van der Waals surface area contributed by atoms with Gasteiger partial charge in [-0.25, -0.2) is 0 Å². The fourth-order valence-electron chi connectivity index (χ4n) is 1.52. The van der Waals surface area contributed by atoms with Crippen molar-refractivity contribution >= 4 is 6.47 Å². The minimum Gasteiger partial charge on any atom is -0.436 e. The number of rotatable bonds is 3. The van der Waals surface area contributed by atoms with Gasteiger partial charge in [-0.3, -0.25) is 10.1 Å². The molecule has 1 aliphatic rings. The normalized spacial score (nSPS) is 26.0. The molecule has 0 aliphatic carbocycles. The standard InChI is InChI=1S/C10H11NO3/c12-7-14-10-9(11-6-13-10)8-4-2-1-3-5-8/h1-5,7,9-11H,6H2. The Morgan fingerprint density at radius 1 is 1.43 bits per heavy atom. The highest BCUT2D eigenvalue weighted by atomic mass is 16.7. The highest BCUT2D eigenvalue weighted by Gasteiger charge is 2.30. The molecule has 2 rings (SSSR count). The number of benzene rings is 1. The lowest BCUT2D eigenvalue weighted by atomic mass is 10.1. The molecule has 1 saturated heterocycles. The summed E-state index contributed by atoms with van der Waals surface area (Å²) in [6.45, 7) is 0.811. The minimum absolute atomic E-state index is 0.0681. The first-order valence-corrected chi connectivity index (χ1v) is 4.41. The van der Waals surface area contributed by atoms with E-state index in [-0.39, 0.29) is 6.04 Å². The van der Waals surface area contributed by atoms with Crippen molar-refractivity contribution in [2.45, 2.75) is 12.3 Å². The molecule has 2 unspecified atom stereocenters. The van der Waals surface area contributed by atoms with Gasteiger partial charge in [-0.05, 0) is 5.56 Å². The van der Waals surface area contributed by atoms with Gasteiger partial charge in [0, 0.05) is 0 Å². The molecule has 2 atom stereocenters. The first kappa shape index (κ1) is 9.18. The third-order valence-corrected chi connectivity index (χ3v) is 2.17. The van der Waals surface area contributed by atoms with Gasteiger partial charge in [-0.1, -0.05) is 30.3 Å². The summed E-state index contributed by atoms with van der Waals surface area (Å²) in [5, 5.41) is 3.10. The number of nitrogens with one attached hydrogen (secondary N) is 1. The molecule has 1 aromatic carbocycles. The highest BCUT2D eigenvalue weighted by Crippen LogP contribution is 2.23. The van der Waals surface area contributed by atoms with Crippen molar-refractivity contribution in [1.29, 1.82) is 0 Å². The second kappa shape index (κ2) is 4.21. The van der Waals surface area contributed by atoms with Crippen molar-refractivity contribution in [3.05, 3.63) is 35.9 Å². The quantitative estimate of drug-likeness (QED) is 0.721. The van der Waals surface area contributed by atoms with Gasteiger partial charge in [0.25, 0.3) is 6.47 Å². The van der Waals surface area contributed by atoms with E-state index >= 15 is 0 Å². The monoisotopic (exact) mass is 193 g/mol. The van der Waals surface area contributed by atoms with Crippen molar-refractivity contribution in [3.63, 3.8) is 0 Å². The van der Waals surface area contributed by atoms with Crippen LogP contribution in [-0.4, -0.2) is 19.5 Å². The van der Waals surface area contributed by atoms with Gasteiger partial charge in [0.15, 0.2) is 0 Å². The van der Waals surface area contributed by atoms with Crippen LogP contribution in [0.2, 0.25) is 0 Å². The molecule has 1 N–H and O–H groups in total. The van der Waals surface area contributed by atoms with Crippen molar-refractivity contribution in [1.82, 2.24) is 5.32 Å². The average molecular weight is 193 g/mol. The van der Waals surface area contributed by atoms with E-state index in [1.165, 1.54) is 0 Å². The Labute approximate surface area is 81.8 Å². The molecule has 1 fully saturated rings. The first-order valence-electron chi connectivity index (χ1n) is 4.41. The van der Waals surface area contributed by atoms with Crippen LogP contribution in [0.1, 0.15) is 11.6 Å². The van der Waals surface area contributed by atoms with Gasteiger partial charge in [-0.15, -0.1) is 0 Å². The lowest BCUT2D eigenvalue weighted by Crippen LogP contribution is -2.23. The SMILES string of the molecule is O=COC1OCNC1c1ccccc1. The fourth-order valence-corrected chi connectivity index (χ4v) is 1.52. The van der Waals surface area contributed by atoms with Crippen molar-refractivity contribution in [2.75, 3.05) is 6.73 Å². The molecular formula is C10H11NO3. The molecule has 4 heteroatoms. The molecule has 0 aromatic heterocycles. The van der Waals surface area contributed by atoms with E-state index in [1.54, 1.807) is 0 Å². The molecular weight excluding hydrogens is 182 g/mol. The summed E-state index contributed by atoms with van der Waals surface area (Å²) in [5.41, 5.74) is 1.05. The van der Waals surface area contributed by atoms with Crippen LogP contribution in [0.5, 0.6) is 0 Å². The van der Waals surface area contributed by atoms with E-state index in [1.807, 2.05) is 30.3 Å². The Bertz CT molecular complexity index is 301. The molecule has 1 heterocycles. The molecule has 14 heavy (non-hydrogen) atoms. The molecule has 74 valence electrons. The Hall–Kier alpha value is -1.39. The van der Waals surface area contributed by atoms with Gasteiger partial charge in [0.1, 0.15) is 6.73 Å². The van der Waals surface area contributed by atoms with Crippen LogP contribution in [0, 0.1) is 0 Å². The van der Waals surface area contributed by atoms with E-state index < -0.39 is 6.29 Å². The summed E-state index contributed by atoms with van der Waals surface area (Å²) >= 11 is 0. The second-order valence-corrected chi connectivity index (χ2v) is 3.00. The van der Waals surface area contributed by atoms with Crippen LogP contribution < -0.4 is 5.32 Å². The lowest BCUT2D eigenvalue weighted by molar-refractivity contribution is -0.156. The summed E-state index contributed by atoms with van der Waals surface area (Å²) in [7, 11) is 0. The summed E-state index contributed by atoms with van der Waals surface area (Å²) < 4.78 is 10.0. The van der Waals surface area contributed by atoms with Crippen LogP contribution in [0.4, 0.5) is 0 Å². The van der Waals surface area contributed by atoms with E-state index in [0.29, 0.717) is 13.2 Å². The molecule has 0 amide bonds. The van der Waals surface area contributed by atoms with Gasteiger partial charge < -0.3 is 9.47 Å². The minimum atomic E-state index is -0.519. The van der Waals surface area contributed by atoms with Crippen LogP contribution in [0.3, 0.4) is 0 Å². The molecule has 0 radical (unpaired) electrons. The van der Waals surface area contributed by atoms with Gasteiger partial charge in [0.05, 0.1) is 6.04 Å². The van der Waals surface area contributed by atoms with E-state index in [4.69, 9.17) is 9.47 Å². The second-order valence-electron chi connectivity index (χ2n) is 3.00. The first-order chi connectivity index (χ1) is 6.92. The van der Waals surface area contributed by atoms with E-state index in [9.17, 15) is 4.79 Å². The number of hydrogen-bond donors (Lipinski definition) is 1. The predicted molar refractivity (Wildman–Crippen MR) is 49.2 cm³/mol. The topological polar surface area (TPSA) is 47.6 Å². The summed E-state index contributed by atoms with van der Waals surface area (Å²) in [4.78, 5) is 10.2. The zero-order valence-electron chi connectivity index (χ0n) is 7.55. The lowest BCUT2D eigenvalue weighted by Gasteiger charge is -2.15. The van der Waals surface area contributed by atoms with E-state index in [2.05, 4.69) is 5.32 Å². The molecule has 1 aliphatic heterocycles. The summed E-state index contributed by atoms with van der Waals surface area (Å²) in [6, 6.07) is 9.68. The Kier molecular flexibility index (Phi) is 2.76. The van der Waals surface area contributed by atoms with Crippen LogP contribution in [0.25, 0.3) is 0 Å². The number of ether oxygens (including phenoxy) is 2. The third kappa shape index (κ3) is 1.76. The molecule has 4 nitrogen and oxygen atoms in total. The maximum Gasteiger partial charge on any atom is 0.295 e. The van der Waals surface area contributed by atoms with Crippen LogP contribution in [0.15, 0.2) is 30.3 Å². The number of hydrogen-bond acceptors (Lipinski definition) is 4. The maximum absolute atomic E-state index is 10.2. The van der Waals surface area contributed by atoms with Gasteiger partial charge in [0.2, 0.25) is 6.29 Å². The molecule has 1 aromatic rings. The molecule has 0 saturated carbocycles. The predicted octanol–water partition coefficient (Wildman–Crippen LogP) is 0.804. The Morgan fingerprint density at radius 3 is 2.93 bits per heavy atom. The number of carbonyl (C=O) groups is 1. The van der Waals surface area contributed by atoms with E-state index in [0.717, 1.165) is 5.56 Å². The Morgan fingerprint density at radius 2 is 2.21 bits per heavy atom. The van der Waals surface area contributed by atoms with Crippen molar-refractivity contribution in [3.8, 4) is 0 Å². The van der Waals surface area contributed by atoms with Gasteiger partial charge >= 0.3 is 0 Å². The smallest absolute Gasteiger partial charge is 0.295 e. The van der Waals surface area contributed by atoms with Crippen LogP contribution in [-0.2, 0) is 14.3 Å². The van der Waals surface area contributed by atoms with Gasteiger partial charge in [-0.2, -0.15) is 0 Å².